The highest BCUT2D eigenvalue weighted by molar-refractivity contribution is 6.06. The number of fused-ring (bicyclic) bond motifs is 1. The molecule has 3 rings (SSSR count). The Hall–Kier alpha value is -2.50. The molecule has 0 aliphatic rings. The highest BCUT2D eigenvalue weighted by Crippen LogP contribution is 2.07. The van der Waals surface area contributed by atoms with E-state index in [9.17, 15) is 4.79 Å². The molecule has 0 saturated heterocycles. The summed E-state index contributed by atoms with van der Waals surface area (Å²) in [5.41, 5.74) is 0.575. The van der Waals surface area contributed by atoms with Gasteiger partial charge in [-0.2, -0.15) is 9.50 Å². The van der Waals surface area contributed by atoms with Gasteiger partial charge in [0, 0.05) is 5.56 Å². The molecule has 0 amide bonds. The number of ketones is 1. The standard InChI is InChI=1S/C10H7N5O/c16-8(7-4-2-1-3-5-7)9-13-14-10-11-6-12-15(9)10/h1-6H,(H,11,12,14). The van der Waals surface area contributed by atoms with Crippen molar-refractivity contribution in [2.24, 2.45) is 0 Å². The molecule has 0 aliphatic carbocycles. The van der Waals surface area contributed by atoms with Gasteiger partial charge in [-0.3, -0.25) is 9.89 Å². The molecule has 2 heterocycles. The van der Waals surface area contributed by atoms with E-state index in [1.165, 1.54) is 10.8 Å². The Bertz CT molecular complexity index is 639. The number of carbonyl (C=O) groups excluding carboxylic acids is 1. The van der Waals surface area contributed by atoms with E-state index in [1.807, 2.05) is 6.07 Å². The molecule has 6 heteroatoms. The smallest absolute Gasteiger partial charge is 0.271 e. The van der Waals surface area contributed by atoms with Gasteiger partial charge in [0.15, 0.2) is 0 Å². The Labute approximate surface area is 89.9 Å². The van der Waals surface area contributed by atoms with Gasteiger partial charge in [-0.1, -0.05) is 30.3 Å². The third-order valence-electron chi connectivity index (χ3n) is 2.25. The first kappa shape index (κ1) is 8.78. The van der Waals surface area contributed by atoms with Gasteiger partial charge in [-0.25, -0.2) is 0 Å². The van der Waals surface area contributed by atoms with Gasteiger partial charge >= 0.3 is 0 Å². The number of nitrogens with zero attached hydrogens (tertiary/aromatic N) is 4. The molecule has 2 aromatic heterocycles. The largest absolute Gasteiger partial charge is 0.285 e. The van der Waals surface area contributed by atoms with Crippen molar-refractivity contribution in [3.63, 3.8) is 0 Å². The molecule has 0 atom stereocenters. The summed E-state index contributed by atoms with van der Waals surface area (Å²) in [6.07, 6.45) is 1.46. The maximum Gasteiger partial charge on any atom is 0.271 e. The van der Waals surface area contributed by atoms with Gasteiger partial charge in [0.2, 0.25) is 11.6 Å². The molecule has 0 spiro atoms. The predicted octanol–water partition coefficient (Wildman–Crippen LogP) is 0.683. The van der Waals surface area contributed by atoms with Crippen LogP contribution in [0.5, 0.6) is 0 Å². The molecule has 0 aliphatic heterocycles. The van der Waals surface area contributed by atoms with Crippen LogP contribution >= 0.6 is 0 Å². The predicted molar refractivity (Wildman–Crippen MR) is 55.0 cm³/mol. The quantitative estimate of drug-likeness (QED) is 0.635. The molecule has 0 fully saturated rings. The normalized spacial score (nSPS) is 10.8. The second-order valence-electron chi connectivity index (χ2n) is 3.24. The molecule has 1 aromatic carbocycles. The molecule has 16 heavy (non-hydrogen) atoms. The van der Waals surface area contributed by atoms with E-state index in [4.69, 9.17) is 0 Å². The van der Waals surface area contributed by atoms with Gasteiger partial charge in [-0.05, 0) is 0 Å². The fourth-order valence-corrected chi connectivity index (χ4v) is 1.49. The van der Waals surface area contributed by atoms with E-state index in [0.717, 1.165) is 0 Å². The van der Waals surface area contributed by atoms with E-state index in [-0.39, 0.29) is 11.6 Å². The lowest BCUT2D eigenvalue weighted by Crippen LogP contribution is -2.07. The zero-order valence-electron chi connectivity index (χ0n) is 8.16. The minimum atomic E-state index is -0.183. The SMILES string of the molecule is O=C(c1ccccc1)c1nnc2nc[nH]n12. The Morgan fingerprint density at radius 1 is 1.19 bits per heavy atom. The molecular weight excluding hydrogens is 206 g/mol. The lowest BCUT2D eigenvalue weighted by molar-refractivity contribution is 0.102. The third kappa shape index (κ3) is 1.20. The number of nitrogens with one attached hydrogen (secondary N) is 1. The molecular formula is C10H7N5O. The number of aromatic nitrogens is 5. The van der Waals surface area contributed by atoms with Crippen LogP contribution in [0.3, 0.4) is 0 Å². The number of aromatic amines is 1. The van der Waals surface area contributed by atoms with Crippen LogP contribution in [0.15, 0.2) is 36.7 Å². The zero-order valence-corrected chi connectivity index (χ0v) is 8.16. The van der Waals surface area contributed by atoms with Crippen LogP contribution in [-0.2, 0) is 0 Å². The molecule has 0 saturated carbocycles. The highest BCUT2D eigenvalue weighted by atomic mass is 16.1. The minimum Gasteiger partial charge on any atom is -0.285 e. The van der Waals surface area contributed by atoms with E-state index in [0.29, 0.717) is 11.3 Å². The van der Waals surface area contributed by atoms with E-state index < -0.39 is 0 Å². The zero-order chi connectivity index (χ0) is 11.0. The van der Waals surface area contributed by atoms with Crippen molar-refractivity contribution in [2.75, 3.05) is 0 Å². The summed E-state index contributed by atoms with van der Waals surface area (Å²) in [5, 5.41) is 10.4. The molecule has 0 unspecified atom stereocenters. The summed E-state index contributed by atoms with van der Waals surface area (Å²) in [5.74, 6) is 0.440. The van der Waals surface area contributed by atoms with Crippen molar-refractivity contribution in [3.05, 3.63) is 48.0 Å². The van der Waals surface area contributed by atoms with Crippen molar-refractivity contribution in [1.82, 2.24) is 24.8 Å². The van der Waals surface area contributed by atoms with Crippen molar-refractivity contribution < 1.29 is 4.79 Å². The second kappa shape index (κ2) is 3.27. The Morgan fingerprint density at radius 2 is 2.00 bits per heavy atom. The summed E-state index contributed by atoms with van der Waals surface area (Å²) in [4.78, 5) is 15.9. The number of H-pyrrole nitrogens is 1. The summed E-state index contributed by atoms with van der Waals surface area (Å²) < 4.78 is 1.45. The average molecular weight is 213 g/mol. The van der Waals surface area contributed by atoms with Crippen LogP contribution in [0, 0.1) is 0 Å². The first-order chi connectivity index (χ1) is 7.86. The Kier molecular flexibility index (Phi) is 1.79. The fraction of sp³-hybridized carbons (Fsp3) is 0. The lowest BCUT2D eigenvalue weighted by atomic mass is 10.1. The third-order valence-corrected chi connectivity index (χ3v) is 2.25. The number of rotatable bonds is 2. The number of benzene rings is 1. The van der Waals surface area contributed by atoms with E-state index in [1.54, 1.807) is 24.3 Å². The fourth-order valence-electron chi connectivity index (χ4n) is 1.49. The van der Waals surface area contributed by atoms with Gasteiger partial charge in [0.05, 0.1) is 0 Å². The molecule has 1 N–H and O–H groups in total. The van der Waals surface area contributed by atoms with E-state index in [2.05, 4.69) is 20.3 Å². The molecule has 0 bridgehead atoms. The van der Waals surface area contributed by atoms with Crippen molar-refractivity contribution in [3.8, 4) is 0 Å². The van der Waals surface area contributed by atoms with Gasteiger partial charge in [-0.15, -0.1) is 10.2 Å². The minimum absolute atomic E-state index is 0.183. The second-order valence-corrected chi connectivity index (χ2v) is 3.24. The first-order valence-electron chi connectivity index (χ1n) is 4.70. The van der Waals surface area contributed by atoms with Crippen LogP contribution < -0.4 is 0 Å². The molecule has 6 nitrogen and oxygen atoms in total. The van der Waals surface area contributed by atoms with Gasteiger partial charge < -0.3 is 0 Å². The number of carbonyl (C=O) groups is 1. The van der Waals surface area contributed by atoms with Crippen molar-refractivity contribution in [1.29, 1.82) is 0 Å². The monoisotopic (exact) mass is 213 g/mol. The summed E-state index contributed by atoms with van der Waals surface area (Å²) in [6.45, 7) is 0. The summed E-state index contributed by atoms with van der Waals surface area (Å²) >= 11 is 0. The van der Waals surface area contributed by atoms with Crippen molar-refractivity contribution in [2.45, 2.75) is 0 Å². The summed E-state index contributed by atoms with van der Waals surface area (Å²) in [6, 6.07) is 8.93. The number of hydrogen-bond acceptors (Lipinski definition) is 4. The molecule has 78 valence electrons. The molecule has 0 radical (unpaired) electrons. The van der Waals surface area contributed by atoms with Gasteiger partial charge in [0.1, 0.15) is 6.33 Å². The van der Waals surface area contributed by atoms with Crippen LogP contribution in [0.25, 0.3) is 5.78 Å². The highest BCUT2D eigenvalue weighted by Gasteiger charge is 2.16. The van der Waals surface area contributed by atoms with Crippen LogP contribution in [0.2, 0.25) is 0 Å². The maximum absolute atomic E-state index is 12.0. The van der Waals surface area contributed by atoms with Crippen LogP contribution in [0.4, 0.5) is 0 Å². The Morgan fingerprint density at radius 3 is 2.81 bits per heavy atom. The van der Waals surface area contributed by atoms with Crippen LogP contribution in [-0.4, -0.2) is 30.6 Å². The van der Waals surface area contributed by atoms with E-state index >= 15 is 0 Å². The number of hydrogen-bond donors (Lipinski definition) is 1. The topological polar surface area (TPSA) is 75.9 Å². The van der Waals surface area contributed by atoms with Gasteiger partial charge in [0.25, 0.3) is 5.78 Å². The molecule has 3 aromatic rings. The average Bonchev–Trinajstić information content (AvgIpc) is 2.91. The summed E-state index contributed by atoms with van der Waals surface area (Å²) in [7, 11) is 0. The Balaban J connectivity index is 2.12. The maximum atomic E-state index is 12.0. The van der Waals surface area contributed by atoms with Crippen LogP contribution in [0.1, 0.15) is 16.2 Å². The van der Waals surface area contributed by atoms with Crippen molar-refractivity contribution >= 4 is 11.6 Å². The first-order valence-corrected chi connectivity index (χ1v) is 4.70. The lowest BCUT2D eigenvalue weighted by Gasteiger charge is -1.96.